The Bertz CT molecular complexity index is 885. The largest absolute Gasteiger partial charge is 0.494 e. The summed E-state index contributed by atoms with van der Waals surface area (Å²) >= 11 is 0. The smallest absolute Gasteiger partial charge is 0.151 e. The third kappa shape index (κ3) is 4.04. The van der Waals surface area contributed by atoms with Crippen molar-refractivity contribution in [3.63, 3.8) is 0 Å². The number of nitrogens with one attached hydrogen (secondary N) is 1. The lowest BCUT2D eigenvalue weighted by Crippen LogP contribution is -2.30. The number of benzene rings is 1. The number of hydrogen-bond donors (Lipinski definition) is 1. The summed E-state index contributed by atoms with van der Waals surface area (Å²) in [4.78, 5) is 2.32. The molecule has 1 aliphatic rings. The van der Waals surface area contributed by atoms with Gasteiger partial charge in [0, 0.05) is 24.0 Å². The van der Waals surface area contributed by atoms with E-state index in [-0.39, 0.29) is 0 Å². The van der Waals surface area contributed by atoms with Crippen molar-refractivity contribution in [2.45, 2.75) is 45.4 Å². The van der Waals surface area contributed by atoms with Gasteiger partial charge >= 0.3 is 0 Å². The van der Waals surface area contributed by atoms with E-state index in [0.717, 1.165) is 59.8 Å². The minimum absolute atomic E-state index is 0.752. The molecule has 0 atom stereocenters. The van der Waals surface area contributed by atoms with E-state index in [1.54, 1.807) is 6.20 Å². The number of anilines is 1. The Balaban J connectivity index is 1.59. The first-order chi connectivity index (χ1) is 13.3. The molecule has 0 amide bonds. The maximum absolute atomic E-state index is 5.92. The van der Waals surface area contributed by atoms with Crippen molar-refractivity contribution >= 4 is 16.7 Å². The molecule has 4 rings (SSSR count). The summed E-state index contributed by atoms with van der Waals surface area (Å²) in [7, 11) is 0. The monoisotopic (exact) mass is 365 g/mol. The van der Waals surface area contributed by atoms with Crippen LogP contribution in [0.5, 0.6) is 5.75 Å². The first-order valence-corrected chi connectivity index (χ1v) is 10.0. The number of unbranched alkanes of at least 4 members (excludes halogenated alkanes) is 2. The van der Waals surface area contributed by atoms with Crippen LogP contribution in [0, 0.1) is 0 Å². The number of fused-ring (bicyclic) bond motifs is 1. The molecule has 1 aromatic carbocycles. The molecule has 1 fully saturated rings. The molecule has 3 aromatic rings. The van der Waals surface area contributed by atoms with Gasteiger partial charge in [-0.05, 0) is 49.9 Å². The second-order valence-corrected chi connectivity index (χ2v) is 7.19. The second kappa shape index (κ2) is 8.37. The van der Waals surface area contributed by atoms with Gasteiger partial charge in [0.05, 0.1) is 18.3 Å². The number of aromatic amines is 1. The highest BCUT2D eigenvalue weighted by Gasteiger charge is 2.15. The number of nitrogens with zero attached hydrogens (tertiary/aromatic N) is 4. The summed E-state index contributed by atoms with van der Waals surface area (Å²) in [5.41, 5.74) is 2.89. The van der Waals surface area contributed by atoms with Gasteiger partial charge in [-0.2, -0.15) is 10.2 Å². The van der Waals surface area contributed by atoms with E-state index < -0.39 is 0 Å². The van der Waals surface area contributed by atoms with E-state index >= 15 is 0 Å². The van der Waals surface area contributed by atoms with E-state index in [9.17, 15) is 0 Å². The van der Waals surface area contributed by atoms with Crippen LogP contribution in [-0.4, -0.2) is 40.1 Å². The van der Waals surface area contributed by atoms with Gasteiger partial charge in [-0.15, -0.1) is 5.10 Å². The molecule has 6 heteroatoms. The van der Waals surface area contributed by atoms with Crippen molar-refractivity contribution in [2.24, 2.45) is 0 Å². The Morgan fingerprint density at radius 1 is 1.11 bits per heavy atom. The maximum Gasteiger partial charge on any atom is 0.151 e. The summed E-state index contributed by atoms with van der Waals surface area (Å²) in [6, 6.07) is 8.20. The summed E-state index contributed by atoms with van der Waals surface area (Å²) in [6.07, 6.45) is 9.00. The van der Waals surface area contributed by atoms with Gasteiger partial charge < -0.3 is 9.64 Å². The molecule has 0 unspecified atom stereocenters. The van der Waals surface area contributed by atoms with Gasteiger partial charge in [-0.3, -0.25) is 5.10 Å². The average Bonchev–Trinajstić information content (AvgIpc) is 3.15. The van der Waals surface area contributed by atoms with Crippen molar-refractivity contribution in [3.05, 3.63) is 30.5 Å². The van der Waals surface area contributed by atoms with E-state index in [0.29, 0.717) is 0 Å². The van der Waals surface area contributed by atoms with Crippen LogP contribution in [0.2, 0.25) is 0 Å². The van der Waals surface area contributed by atoms with Gasteiger partial charge in [0.15, 0.2) is 5.82 Å². The quantitative estimate of drug-likeness (QED) is 0.621. The summed E-state index contributed by atoms with van der Waals surface area (Å²) in [6.45, 7) is 5.05. The Hall–Kier alpha value is -2.63. The number of ether oxygens (including phenoxy) is 1. The molecule has 0 spiro atoms. The molecule has 0 aliphatic carbocycles. The minimum atomic E-state index is 0.752. The lowest BCUT2D eigenvalue weighted by Gasteiger charge is -2.27. The van der Waals surface area contributed by atoms with E-state index in [2.05, 4.69) is 44.4 Å². The first-order valence-electron chi connectivity index (χ1n) is 10.0. The first kappa shape index (κ1) is 17.8. The highest BCUT2D eigenvalue weighted by molar-refractivity contribution is 5.93. The van der Waals surface area contributed by atoms with Crippen molar-refractivity contribution in [2.75, 3.05) is 24.6 Å². The fourth-order valence-electron chi connectivity index (χ4n) is 3.61. The minimum Gasteiger partial charge on any atom is -0.494 e. The lowest BCUT2D eigenvalue weighted by molar-refractivity contribution is 0.306. The molecular formula is C21H27N5O. The van der Waals surface area contributed by atoms with Gasteiger partial charge in [0.2, 0.25) is 0 Å². The van der Waals surface area contributed by atoms with E-state index in [1.807, 2.05) is 12.1 Å². The predicted molar refractivity (Wildman–Crippen MR) is 108 cm³/mol. The van der Waals surface area contributed by atoms with Crippen molar-refractivity contribution < 1.29 is 4.74 Å². The third-order valence-electron chi connectivity index (χ3n) is 5.15. The molecule has 0 saturated carbocycles. The van der Waals surface area contributed by atoms with Gasteiger partial charge in [-0.1, -0.05) is 19.8 Å². The highest BCUT2D eigenvalue weighted by atomic mass is 16.5. The molecule has 1 N–H and O–H groups in total. The Morgan fingerprint density at radius 3 is 2.85 bits per heavy atom. The molecule has 1 saturated heterocycles. The van der Waals surface area contributed by atoms with Crippen LogP contribution in [0.15, 0.2) is 30.5 Å². The third-order valence-corrected chi connectivity index (χ3v) is 5.15. The number of rotatable bonds is 7. The average molecular weight is 365 g/mol. The summed E-state index contributed by atoms with van der Waals surface area (Å²) in [5.74, 6) is 1.83. The Labute approximate surface area is 159 Å². The van der Waals surface area contributed by atoms with Gasteiger partial charge in [0.1, 0.15) is 11.4 Å². The molecule has 3 heterocycles. The second-order valence-electron chi connectivity index (χ2n) is 7.19. The van der Waals surface area contributed by atoms with Crippen LogP contribution in [0.1, 0.15) is 45.4 Å². The molecule has 0 radical (unpaired) electrons. The van der Waals surface area contributed by atoms with Crippen LogP contribution in [0.3, 0.4) is 0 Å². The molecule has 142 valence electrons. The molecule has 0 bridgehead atoms. The number of aromatic nitrogens is 4. The molecule has 1 aliphatic heterocycles. The van der Waals surface area contributed by atoms with Crippen LogP contribution in [0.25, 0.3) is 22.2 Å². The van der Waals surface area contributed by atoms with Crippen molar-refractivity contribution in [1.29, 1.82) is 0 Å². The Morgan fingerprint density at radius 2 is 2.00 bits per heavy atom. The number of hydrogen-bond acceptors (Lipinski definition) is 5. The molecular weight excluding hydrogens is 338 g/mol. The lowest BCUT2D eigenvalue weighted by atomic mass is 10.1. The summed E-state index contributed by atoms with van der Waals surface area (Å²) < 4.78 is 5.92. The summed E-state index contributed by atoms with van der Waals surface area (Å²) in [5, 5.41) is 17.3. The van der Waals surface area contributed by atoms with Crippen LogP contribution in [0.4, 0.5) is 5.82 Å². The molecule has 27 heavy (non-hydrogen) atoms. The zero-order chi connectivity index (χ0) is 18.5. The standard InChI is InChI=1S/C21H27N5O/c1-2-3-7-12-27-17-8-9-19-18(14-17)21(25-23-19)16-13-20(24-22-15-16)26-10-5-4-6-11-26/h8-9,13-15H,2-7,10-12H2,1H3,(H,23,25). The maximum atomic E-state index is 5.92. The SMILES string of the molecule is CCCCCOc1ccc2[nH]nc(-c3cnnc(N4CCCCC4)c3)c2c1. The highest BCUT2D eigenvalue weighted by Crippen LogP contribution is 2.30. The number of H-pyrrole nitrogens is 1. The topological polar surface area (TPSA) is 66.9 Å². The zero-order valence-electron chi connectivity index (χ0n) is 15.9. The van der Waals surface area contributed by atoms with E-state index in [1.165, 1.54) is 32.1 Å². The molecule has 6 nitrogen and oxygen atoms in total. The van der Waals surface area contributed by atoms with Crippen molar-refractivity contribution in [1.82, 2.24) is 20.4 Å². The predicted octanol–water partition coefficient (Wildman–Crippen LogP) is 4.58. The van der Waals surface area contributed by atoms with E-state index in [4.69, 9.17) is 4.74 Å². The normalized spacial score (nSPS) is 14.6. The number of piperidine rings is 1. The van der Waals surface area contributed by atoms with Gasteiger partial charge in [-0.25, -0.2) is 0 Å². The van der Waals surface area contributed by atoms with Crippen molar-refractivity contribution in [3.8, 4) is 17.0 Å². The fourth-order valence-corrected chi connectivity index (χ4v) is 3.61. The fraction of sp³-hybridized carbons (Fsp3) is 0.476. The van der Waals surface area contributed by atoms with Gasteiger partial charge in [0.25, 0.3) is 0 Å². The van der Waals surface area contributed by atoms with Crippen LogP contribution >= 0.6 is 0 Å². The Kier molecular flexibility index (Phi) is 5.51. The zero-order valence-corrected chi connectivity index (χ0v) is 15.9. The van der Waals surface area contributed by atoms with Crippen LogP contribution in [-0.2, 0) is 0 Å². The molecule has 2 aromatic heterocycles. The van der Waals surface area contributed by atoms with Crippen LogP contribution < -0.4 is 9.64 Å².